The first kappa shape index (κ1) is 17.3. The lowest BCUT2D eigenvalue weighted by molar-refractivity contribution is -0.931. The van der Waals surface area contributed by atoms with Crippen LogP contribution in [0.1, 0.15) is 30.7 Å². The van der Waals surface area contributed by atoms with Crippen molar-refractivity contribution >= 4 is 34.5 Å². The molecule has 0 bridgehead atoms. The first-order chi connectivity index (χ1) is 11.6. The molecule has 128 valence electrons. The molecule has 0 aliphatic carbocycles. The average Bonchev–Trinajstić information content (AvgIpc) is 3.25. The minimum Gasteiger partial charge on any atom is -0.495 e. The van der Waals surface area contributed by atoms with Crippen LogP contribution in [-0.2, 0) is 4.79 Å². The predicted molar refractivity (Wildman–Crippen MR) is 98.2 cm³/mol. The third-order valence-electron chi connectivity index (χ3n) is 4.66. The summed E-state index contributed by atoms with van der Waals surface area (Å²) in [7, 11) is 1.58. The Kier molecular flexibility index (Phi) is 5.43. The van der Waals surface area contributed by atoms with Crippen LogP contribution >= 0.6 is 22.9 Å². The quantitative estimate of drug-likeness (QED) is 0.854. The van der Waals surface area contributed by atoms with Gasteiger partial charge in [-0.25, -0.2) is 0 Å². The number of likely N-dealkylation sites (tertiary alicyclic amines) is 1. The van der Waals surface area contributed by atoms with Gasteiger partial charge < -0.3 is 15.0 Å². The maximum Gasteiger partial charge on any atom is 0.282 e. The number of quaternary nitrogens is 1. The SMILES string of the molecule is COc1ccc(Cl)cc1NC(=O)[C@H](C)[NH+]1CCC[C@@H]1c1cccs1. The highest BCUT2D eigenvalue weighted by atomic mass is 35.5. The van der Waals surface area contributed by atoms with E-state index in [9.17, 15) is 4.79 Å². The lowest BCUT2D eigenvalue weighted by Gasteiger charge is -2.26. The number of anilines is 1. The molecule has 0 spiro atoms. The topological polar surface area (TPSA) is 42.8 Å². The zero-order valence-corrected chi connectivity index (χ0v) is 15.4. The van der Waals surface area contributed by atoms with Crippen LogP contribution < -0.4 is 15.0 Å². The van der Waals surface area contributed by atoms with Crippen molar-refractivity contribution in [2.24, 2.45) is 0 Å². The normalized spacial score (nSPS) is 21.5. The molecule has 6 heteroatoms. The van der Waals surface area contributed by atoms with Gasteiger partial charge in [-0.1, -0.05) is 17.7 Å². The summed E-state index contributed by atoms with van der Waals surface area (Å²) in [6.07, 6.45) is 2.28. The van der Waals surface area contributed by atoms with E-state index in [0.29, 0.717) is 22.5 Å². The van der Waals surface area contributed by atoms with Crippen LogP contribution in [0.5, 0.6) is 5.75 Å². The summed E-state index contributed by atoms with van der Waals surface area (Å²) in [5.74, 6) is 0.611. The van der Waals surface area contributed by atoms with Crippen molar-refractivity contribution < 1.29 is 14.4 Å². The van der Waals surface area contributed by atoms with E-state index in [4.69, 9.17) is 16.3 Å². The van der Waals surface area contributed by atoms with E-state index in [0.717, 1.165) is 19.4 Å². The Hall–Kier alpha value is -1.56. The van der Waals surface area contributed by atoms with Gasteiger partial charge in [0.25, 0.3) is 5.91 Å². The van der Waals surface area contributed by atoms with Crippen molar-refractivity contribution in [3.05, 3.63) is 45.6 Å². The highest BCUT2D eigenvalue weighted by Crippen LogP contribution is 2.28. The maximum absolute atomic E-state index is 12.8. The van der Waals surface area contributed by atoms with Gasteiger partial charge in [-0.3, -0.25) is 4.79 Å². The van der Waals surface area contributed by atoms with Crippen LogP contribution in [0.2, 0.25) is 5.02 Å². The second-order valence-electron chi connectivity index (χ2n) is 6.09. The van der Waals surface area contributed by atoms with Crippen molar-refractivity contribution in [1.82, 2.24) is 0 Å². The third kappa shape index (κ3) is 3.58. The number of nitrogens with one attached hydrogen (secondary N) is 2. The Bertz CT molecular complexity index is 705. The van der Waals surface area contributed by atoms with E-state index < -0.39 is 0 Å². The summed E-state index contributed by atoms with van der Waals surface area (Å²) in [5.41, 5.74) is 0.619. The van der Waals surface area contributed by atoms with Gasteiger partial charge in [-0.05, 0) is 36.6 Å². The molecule has 1 fully saturated rings. The number of carbonyl (C=O) groups is 1. The van der Waals surface area contributed by atoms with Crippen molar-refractivity contribution in [2.45, 2.75) is 31.8 Å². The van der Waals surface area contributed by atoms with Crippen molar-refractivity contribution in [3.8, 4) is 5.75 Å². The summed E-state index contributed by atoms with van der Waals surface area (Å²) in [5, 5.41) is 5.66. The van der Waals surface area contributed by atoms with Gasteiger partial charge in [0.1, 0.15) is 11.8 Å². The lowest BCUT2D eigenvalue weighted by atomic mass is 10.1. The zero-order chi connectivity index (χ0) is 17.1. The van der Waals surface area contributed by atoms with E-state index >= 15 is 0 Å². The average molecular weight is 366 g/mol. The molecule has 1 amide bonds. The van der Waals surface area contributed by atoms with Crippen LogP contribution in [0, 0.1) is 0 Å². The summed E-state index contributed by atoms with van der Waals surface area (Å²) in [6, 6.07) is 9.76. The number of methoxy groups -OCH3 is 1. The van der Waals surface area contributed by atoms with Gasteiger partial charge in [-0.15, -0.1) is 11.3 Å². The molecule has 3 atom stereocenters. The van der Waals surface area contributed by atoms with Gasteiger partial charge >= 0.3 is 0 Å². The summed E-state index contributed by atoms with van der Waals surface area (Å²) < 4.78 is 5.31. The van der Waals surface area contributed by atoms with Gasteiger partial charge in [0.2, 0.25) is 0 Å². The Morgan fingerprint density at radius 2 is 2.29 bits per heavy atom. The van der Waals surface area contributed by atoms with Gasteiger partial charge in [-0.2, -0.15) is 0 Å². The highest BCUT2D eigenvalue weighted by Gasteiger charge is 2.37. The fourth-order valence-corrected chi connectivity index (χ4v) is 4.47. The number of halogens is 1. The molecule has 0 saturated carbocycles. The first-order valence-corrected chi connectivity index (χ1v) is 9.39. The van der Waals surface area contributed by atoms with Crippen LogP contribution in [0.4, 0.5) is 5.69 Å². The predicted octanol–water partition coefficient (Wildman–Crippen LogP) is 3.16. The zero-order valence-electron chi connectivity index (χ0n) is 13.8. The molecule has 24 heavy (non-hydrogen) atoms. The molecule has 0 radical (unpaired) electrons. The Morgan fingerprint density at radius 3 is 3.00 bits per heavy atom. The molecule has 1 aromatic carbocycles. The molecule has 1 unspecified atom stereocenters. The minimum absolute atomic E-state index is 0.00553. The summed E-state index contributed by atoms with van der Waals surface area (Å²) >= 11 is 7.82. The van der Waals surface area contributed by atoms with Gasteiger partial charge in [0.15, 0.2) is 6.04 Å². The number of hydrogen-bond acceptors (Lipinski definition) is 3. The van der Waals surface area contributed by atoms with E-state index in [2.05, 4.69) is 22.8 Å². The van der Waals surface area contributed by atoms with E-state index in [-0.39, 0.29) is 11.9 Å². The lowest BCUT2D eigenvalue weighted by Crippen LogP contribution is -3.15. The largest absolute Gasteiger partial charge is 0.495 e. The fraction of sp³-hybridized carbons (Fsp3) is 0.389. The number of carbonyl (C=O) groups excluding carboxylic acids is 1. The molecule has 4 nitrogen and oxygen atoms in total. The van der Waals surface area contributed by atoms with Gasteiger partial charge in [0.05, 0.1) is 24.2 Å². The molecule has 1 aromatic heterocycles. The molecule has 3 rings (SSSR count). The molecule has 2 aromatic rings. The maximum atomic E-state index is 12.8. The minimum atomic E-state index is -0.136. The van der Waals surface area contributed by atoms with Crippen molar-refractivity contribution in [1.29, 1.82) is 0 Å². The highest BCUT2D eigenvalue weighted by molar-refractivity contribution is 7.10. The van der Waals surface area contributed by atoms with Gasteiger partial charge in [0, 0.05) is 17.9 Å². The number of benzene rings is 1. The second-order valence-corrected chi connectivity index (χ2v) is 7.51. The number of thiophene rings is 1. The van der Waals surface area contributed by atoms with Crippen LogP contribution in [0.3, 0.4) is 0 Å². The number of amides is 1. The Morgan fingerprint density at radius 1 is 1.46 bits per heavy atom. The summed E-state index contributed by atoms with van der Waals surface area (Å²) in [6.45, 7) is 3.01. The molecule has 2 N–H and O–H groups in total. The smallest absolute Gasteiger partial charge is 0.282 e. The number of ether oxygens (including phenoxy) is 1. The van der Waals surface area contributed by atoms with Crippen molar-refractivity contribution in [2.75, 3.05) is 19.0 Å². The van der Waals surface area contributed by atoms with Crippen LogP contribution in [-0.4, -0.2) is 25.6 Å². The Labute approximate surface area is 151 Å². The standard InChI is InChI=1S/C18H21ClN2O2S/c1-12(21-9-3-5-15(21)17-6-4-10-24-17)18(22)20-14-11-13(19)7-8-16(14)23-2/h4,6-8,10-12,15H,3,5,9H2,1-2H3,(H,20,22)/p+1/t12-,15+/m0/s1. The first-order valence-electron chi connectivity index (χ1n) is 8.13. The molecular formula is C18H22ClN2O2S+. The van der Waals surface area contributed by atoms with E-state index in [1.54, 1.807) is 36.6 Å². The number of hydrogen-bond donors (Lipinski definition) is 2. The monoisotopic (exact) mass is 365 g/mol. The van der Waals surface area contributed by atoms with E-state index in [1.165, 1.54) is 9.78 Å². The van der Waals surface area contributed by atoms with Crippen LogP contribution in [0.25, 0.3) is 0 Å². The number of rotatable bonds is 5. The molecule has 1 saturated heterocycles. The fourth-order valence-electron chi connectivity index (χ4n) is 3.39. The molecular weight excluding hydrogens is 344 g/mol. The Balaban J connectivity index is 1.74. The van der Waals surface area contributed by atoms with Crippen molar-refractivity contribution in [3.63, 3.8) is 0 Å². The second kappa shape index (κ2) is 7.55. The molecule has 1 aliphatic rings. The molecule has 1 aliphatic heterocycles. The third-order valence-corrected chi connectivity index (χ3v) is 5.88. The van der Waals surface area contributed by atoms with E-state index in [1.807, 2.05) is 6.92 Å². The summed E-state index contributed by atoms with van der Waals surface area (Å²) in [4.78, 5) is 15.5. The molecule has 2 heterocycles. The van der Waals surface area contributed by atoms with Crippen LogP contribution in [0.15, 0.2) is 35.7 Å².